The van der Waals surface area contributed by atoms with Gasteiger partial charge in [-0.25, -0.2) is 8.78 Å². The summed E-state index contributed by atoms with van der Waals surface area (Å²) in [7, 11) is 0. The van der Waals surface area contributed by atoms with Crippen molar-refractivity contribution in [2.24, 2.45) is 0 Å². The topological polar surface area (TPSA) is 29.1 Å². The van der Waals surface area contributed by atoms with Crippen LogP contribution in [0.3, 0.4) is 0 Å². The van der Waals surface area contributed by atoms with Gasteiger partial charge in [0.25, 0.3) is 5.91 Å². The Morgan fingerprint density at radius 1 is 1.15 bits per heavy atom. The summed E-state index contributed by atoms with van der Waals surface area (Å²) in [5.41, 5.74) is 0.170. The molecule has 0 spiro atoms. The molecule has 2 aromatic carbocycles. The molecule has 0 aliphatic rings. The van der Waals surface area contributed by atoms with Gasteiger partial charge in [0.1, 0.15) is 11.6 Å². The molecule has 104 valence electrons. The number of nitrogens with one attached hydrogen (secondary N) is 1. The fraction of sp³-hybridized carbons (Fsp3) is 0.133. The van der Waals surface area contributed by atoms with Crippen LogP contribution in [0.5, 0.6) is 0 Å². The molecule has 0 aliphatic heterocycles. The maximum absolute atomic E-state index is 13.6. The lowest BCUT2D eigenvalue weighted by Gasteiger charge is -2.15. The minimum atomic E-state index is -0.673. The maximum atomic E-state index is 13.6. The van der Waals surface area contributed by atoms with E-state index in [9.17, 15) is 13.6 Å². The number of halogens is 3. The molecule has 0 heterocycles. The molecule has 1 amide bonds. The molecule has 2 aromatic rings. The van der Waals surface area contributed by atoms with Crippen molar-refractivity contribution in [3.63, 3.8) is 0 Å². The van der Waals surface area contributed by atoms with Crippen LogP contribution in [0.25, 0.3) is 0 Å². The smallest absolute Gasteiger partial charge is 0.254 e. The van der Waals surface area contributed by atoms with Crippen LogP contribution >= 0.6 is 11.6 Å². The zero-order chi connectivity index (χ0) is 14.7. The van der Waals surface area contributed by atoms with Crippen LogP contribution in [-0.4, -0.2) is 5.91 Å². The highest BCUT2D eigenvalue weighted by molar-refractivity contribution is 6.31. The summed E-state index contributed by atoms with van der Waals surface area (Å²) in [4.78, 5) is 12.0. The zero-order valence-corrected chi connectivity index (χ0v) is 11.4. The average Bonchev–Trinajstić information content (AvgIpc) is 2.41. The Morgan fingerprint density at radius 2 is 1.85 bits per heavy atom. The molecule has 1 atom stereocenters. The van der Waals surface area contributed by atoms with Gasteiger partial charge in [0, 0.05) is 10.6 Å². The highest BCUT2D eigenvalue weighted by atomic mass is 35.5. The predicted molar refractivity (Wildman–Crippen MR) is 73.7 cm³/mol. The highest BCUT2D eigenvalue weighted by Gasteiger charge is 2.17. The lowest BCUT2D eigenvalue weighted by molar-refractivity contribution is 0.0935. The molecule has 0 aromatic heterocycles. The second-order valence-electron chi connectivity index (χ2n) is 4.34. The Labute approximate surface area is 120 Å². The lowest BCUT2D eigenvalue weighted by atomic mass is 10.1. The monoisotopic (exact) mass is 295 g/mol. The first kappa shape index (κ1) is 14.5. The molecule has 0 saturated heterocycles. The number of amides is 1. The predicted octanol–water partition coefficient (Wildman–Crippen LogP) is 4.11. The third-order valence-corrected chi connectivity index (χ3v) is 3.13. The molecule has 1 unspecified atom stereocenters. The Hall–Kier alpha value is -1.94. The van der Waals surface area contributed by atoms with E-state index >= 15 is 0 Å². The van der Waals surface area contributed by atoms with Gasteiger partial charge in [-0.15, -0.1) is 0 Å². The molecule has 5 heteroatoms. The highest BCUT2D eigenvalue weighted by Crippen LogP contribution is 2.19. The number of carbonyl (C=O) groups is 1. The van der Waals surface area contributed by atoms with Gasteiger partial charge in [-0.3, -0.25) is 4.79 Å². The van der Waals surface area contributed by atoms with Gasteiger partial charge in [0.2, 0.25) is 0 Å². The SMILES string of the molecule is CC(NC(=O)c1cc(Cl)ccc1F)c1ccccc1F. The molecule has 0 aliphatic carbocycles. The molecule has 0 radical (unpaired) electrons. The van der Waals surface area contributed by atoms with Crippen molar-refractivity contribution in [2.75, 3.05) is 0 Å². The van der Waals surface area contributed by atoms with E-state index < -0.39 is 23.6 Å². The summed E-state index contributed by atoms with van der Waals surface area (Å²) in [5.74, 6) is -1.74. The van der Waals surface area contributed by atoms with Gasteiger partial charge < -0.3 is 5.32 Å². The van der Waals surface area contributed by atoms with Crippen molar-refractivity contribution >= 4 is 17.5 Å². The third-order valence-electron chi connectivity index (χ3n) is 2.89. The van der Waals surface area contributed by atoms with Crippen molar-refractivity contribution in [3.05, 3.63) is 70.2 Å². The van der Waals surface area contributed by atoms with Crippen molar-refractivity contribution in [2.45, 2.75) is 13.0 Å². The van der Waals surface area contributed by atoms with E-state index in [1.165, 1.54) is 18.2 Å². The van der Waals surface area contributed by atoms with Crippen LogP contribution < -0.4 is 5.32 Å². The van der Waals surface area contributed by atoms with E-state index in [1.54, 1.807) is 25.1 Å². The van der Waals surface area contributed by atoms with Crippen molar-refractivity contribution in [1.82, 2.24) is 5.32 Å². The minimum Gasteiger partial charge on any atom is -0.345 e. The largest absolute Gasteiger partial charge is 0.345 e. The Kier molecular flexibility index (Phi) is 4.35. The number of carbonyl (C=O) groups excluding carboxylic acids is 1. The number of benzene rings is 2. The molecule has 20 heavy (non-hydrogen) atoms. The molecule has 1 N–H and O–H groups in total. The summed E-state index contributed by atoms with van der Waals surface area (Å²) in [6.07, 6.45) is 0. The number of hydrogen-bond acceptors (Lipinski definition) is 1. The van der Waals surface area contributed by atoms with Gasteiger partial charge in [-0.1, -0.05) is 29.8 Å². The van der Waals surface area contributed by atoms with E-state index in [-0.39, 0.29) is 10.6 Å². The van der Waals surface area contributed by atoms with Gasteiger partial charge >= 0.3 is 0 Å². The summed E-state index contributed by atoms with van der Waals surface area (Å²) in [6.45, 7) is 1.62. The summed E-state index contributed by atoms with van der Waals surface area (Å²) < 4.78 is 27.1. The van der Waals surface area contributed by atoms with E-state index in [2.05, 4.69) is 5.32 Å². The zero-order valence-electron chi connectivity index (χ0n) is 10.7. The van der Waals surface area contributed by atoms with Gasteiger partial charge in [-0.05, 0) is 31.2 Å². The minimum absolute atomic E-state index is 0.166. The maximum Gasteiger partial charge on any atom is 0.254 e. The van der Waals surface area contributed by atoms with E-state index in [0.717, 1.165) is 6.07 Å². The number of hydrogen-bond donors (Lipinski definition) is 1. The van der Waals surface area contributed by atoms with Crippen LogP contribution in [0.2, 0.25) is 5.02 Å². The fourth-order valence-corrected chi connectivity index (χ4v) is 2.02. The van der Waals surface area contributed by atoms with Crippen LogP contribution in [-0.2, 0) is 0 Å². The fourth-order valence-electron chi connectivity index (χ4n) is 1.85. The summed E-state index contributed by atoms with van der Waals surface area (Å²) in [6, 6.07) is 9.22. The Bertz CT molecular complexity index is 646. The van der Waals surface area contributed by atoms with Crippen LogP contribution in [0.15, 0.2) is 42.5 Å². The van der Waals surface area contributed by atoms with Crippen LogP contribution in [0, 0.1) is 11.6 Å². The second kappa shape index (κ2) is 6.01. The Morgan fingerprint density at radius 3 is 2.55 bits per heavy atom. The van der Waals surface area contributed by atoms with Crippen molar-refractivity contribution in [3.8, 4) is 0 Å². The van der Waals surface area contributed by atoms with Crippen molar-refractivity contribution in [1.29, 1.82) is 0 Å². The molecule has 0 bridgehead atoms. The van der Waals surface area contributed by atoms with Gasteiger partial charge in [0.15, 0.2) is 0 Å². The van der Waals surface area contributed by atoms with Crippen LogP contribution in [0.4, 0.5) is 8.78 Å². The summed E-state index contributed by atoms with van der Waals surface area (Å²) >= 11 is 5.73. The standard InChI is InChI=1S/C15H12ClF2NO/c1-9(11-4-2-3-5-13(11)17)19-15(20)12-8-10(16)6-7-14(12)18/h2-9H,1H3,(H,19,20). The first-order valence-electron chi connectivity index (χ1n) is 5.99. The molecule has 2 nitrogen and oxygen atoms in total. The first-order valence-corrected chi connectivity index (χ1v) is 6.37. The molecular weight excluding hydrogens is 284 g/mol. The molecular formula is C15H12ClF2NO. The van der Waals surface area contributed by atoms with Crippen molar-refractivity contribution < 1.29 is 13.6 Å². The average molecular weight is 296 g/mol. The third kappa shape index (κ3) is 3.14. The van der Waals surface area contributed by atoms with E-state index in [1.807, 2.05) is 0 Å². The van der Waals surface area contributed by atoms with E-state index in [4.69, 9.17) is 11.6 Å². The first-order chi connectivity index (χ1) is 9.49. The number of rotatable bonds is 3. The van der Waals surface area contributed by atoms with E-state index in [0.29, 0.717) is 5.56 Å². The molecule has 2 rings (SSSR count). The van der Waals surface area contributed by atoms with Crippen LogP contribution in [0.1, 0.15) is 28.9 Å². The molecule has 0 saturated carbocycles. The molecule has 0 fully saturated rings. The lowest BCUT2D eigenvalue weighted by Crippen LogP contribution is -2.28. The summed E-state index contributed by atoms with van der Waals surface area (Å²) in [5, 5.41) is 2.80. The van der Waals surface area contributed by atoms with Gasteiger partial charge in [0.05, 0.1) is 11.6 Å². The Balaban J connectivity index is 2.20. The second-order valence-corrected chi connectivity index (χ2v) is 4.78. The quantitative estimate of drug-likeness (QED) is 0.907. The normalized spacial score (nSPS) is 12.0. The van der Waals surface area contributed by atoms with Gasteiger partial charge in [-0.2, -0.15) is 0 Å².